The standard InChI is InChI=1S/C74H114O6/c1-4-7-10-13-16-19-22-25-27-29-31-33-35-36-37-38-40-41-43-45-47-49-52-55-58-61-64-67-73(76)79-70-71(69-78-72(75)66-63-60-57-54-51-24-21-18-15-12-9-6-3)80-74(77)68-65-62-59-56-53-50-48-46-44-42-39-34-32-30-28-26-23-20-17-14-11-8-5-2/h7-8,10-11,16-17,19-20,25-28,31-34,36-37,40-42,44-45,47-48,50,52,55-56,59,71H,4-6,9,12-15,18,21-24,29-30,35,38-39,43,46,49,51,53-54,57-58,60-70H2,1-3H3/b10-7-,11-8-,19-16-,20-17-,27-25-,28-26-,33-31-,34-32-,37-36-,41-40-,44-42-,47-45-,50-48-,55-52-,59-56-. The maximum absolute atomic E-state index is 12.9. The van der Waals surface area contributed by atoms with Crippen LogP contribution in [0.2, 0.25) is 0 Å². The van der Waals surface area contributed by atoms with Crippen LogP contribution in [-0.2, 0) is 28.6 Å². The van der Waals surface area contributed by atoms with Crippen LogP contribution >= 0.6 is 0 Å². The molecule has 0 saturated heterocycles. The van der Waals surface area contributed by atoms with Crippen LogP contribution in [0, 0.1) is 0 Å². The van der Waals surface area contributed by atoms with Crippen molar-refractivity contribution in [1.82, 2.24) is 0 Å². The summed E-state index contributed by atoms with van der Waals surface area (Å²) in [6.45, 7) is 6.31. The minimum absolute atomic E-state index is 0.122. The van der Waals surface area contributed by atoms with Gasteiger partial charge in [-0.3, -0.25) is 14.4 Å². The minimum atomic E-state index is -0.837. The first-order valence-electron chi connectivity index (χ1n) is 31.8. The molecule has 0 aromatic rings. The summed E-state index contributed by atoms with van der Waals surface area (Å²) in [5.41, 5.74) is 0. The molecule has 0 aliphatic heterocycles. The molecule has 1 unspecified atom stereocenters. The molecule has 0 N–H and O–H groups in total. The number of hydrogen-bond donors (Lipinski definition) is 0. The summed E-state index contributed by atoms with van der Waals surface area (Å²) < 4.78 is 16.8. The van der Waals surface area contributed by atoms with Crippen LogP contribution in [0.4, 0.5) is 0 Å². The van der Waals surface area contributed by atoms with E-state index in [-0.39, 0.29) is 44.0 Å². The monoisotopic (exact) mass is 1100 g/mol. The highest BCUT2D eigenvalue weighted by Gasteiger charge is 2.19. The van der Waals surface area contributed by atoms with E-state index in [1.165, 1.54) is 57.8 Å². The fourth-order valence-electron chi connectivity index (χ4n) is 7.98. The molecule has 0 aliphatic carbocycles. The molecule has 0 rings (SSSR count). The molecule has 0 fully saturated rings. The molecule has 1 atom stereocenters. The summed E-state index contributed by atoms with van der Waals surface area (Å²) in [7, 11) is 0. The van der Waals surface area contributed by atoms with Gasteiger partial charge >= 0.3 is 17.9 Å². The highest BCUT2D eigenvalue weighted by Crippen LogP contribution is 2.14. The molecule has 6 heteroatoms. The predicted molar refractivity (Wildman–Crippen MR) is 348 cm³/mol. The van der Waals surface area contributed by atoms with Gasteiger partial charge in [-0.2, -0.15) is 0 Å². The number of rotatable bonds is 55. The molecule has 0 aliphatic rings. The number of unbranched alkanes of at least 4 members (excludes halogenated alkanes) is 14. The first-order valence-corrected chi connectivity index (χ1v) is 31.8. The van der Waals surface area contributed by atoms with Gasteiger partial charge < -0.3 is 14.2 Å². The zero-order chi connectivity index (χ0) is 57.8. The van der Waals surface area contributed by atoms with Gasteiger partial charge in [0.15, 0.2) is 6.10 Å². The lowest BCUT2D eigenvalue weighted by molar-refractivity contribution is -0.167. The molecular formula is C74H114O6. The Hall–Kier alpha value is -5.49. The van der Waals surface area contributed by atoms with Crippen LogP contribution < -0.4 is 0 Å². The van der Waals surface area contributed by atoms with Crippen LogP contribution in [0.5, 0.6) is 0 Å². The van der Waals surface area contributed by atoms with E-state index in [1.54, 1.807) is 0 Å². The molecule has 0 aromatic heterocycles. The molecule has 446 valence electrons. The highest BCUT2D eigenvalue weighted by molar-refractivity contribution is 5.71. The normalized spacial score (nSPS) is 13.4. The molecule has 0 heterocycles. The number of allylic oxidation sites excluding steroid dienone is 30. The first kappa shape index (κ1) is 74.5. The number of esters is 3. The van der Waals surface area contributed by atoms with Gasteiger partial charge in [-0.15, -0.1) is 0 Å². The van der Waals surface area contributed by atoms with Gasteiger partial charge in [0.1, 0.15) is 13.2 Å². The molecule has 80 heavy (non-hydrogen) atoms. The van der Waals surface area contributed by atoms with Gasteiger partial charge in [0.05, 0.1) is 0 Å². The summed E-state index contributed by atoms with van der Waals surface area (Å²) >= 11 is 0. The van der Waals surface area contributed by atoms with Gasteiger partial charge in [-0.1, -0.05) is 274 Å². The second-order valence-corrected chi connectivity index (χ2v) is 20.2. The number of hydrogen-bond acceptors (Lipinski definition) is 6. The Labute approximate surface area is 491 Å². The Morgan fingerprint density at radius 3 is 0.800 bits per heavy atom. The number of carbonyl (C=O) groups excluding carboxylic acids is 3. The van der Waals surface area contributed by atoms with E-state index in [0.717, 1.165) is 135 Å². The van der Waals surface area contributed by atoms with Crippen molar-refractivity contribution in [3.8, 4) is 0 Å². The summed E-state index contributed by atoms with van der Waals surface area (Å²) in [6, 6.07) is 0. The second kappa shape index (κ2) is 66.0. The summed E-state index contributed by atoms with van der Waals surface area (Å²) in [5, 5.41) is 0. The quantitative estimate of drug-likeness (QED) is 0.0261. The van der Waals surface area contributed by atoms with Crippen molar-refractivity contribution in [2.45, 2.75) is 252 Å². The van der Waals surface area contributed by atoms with Gasteiger partial charge in [0.2, 0.25) is 0 Å². The molecule has 6 nitrogen and oxygen atoms in total. The molecule has 0 amide bonds. The first-order chi connectivity index (χ1) is 39.5. The smallest absolute Gasteiger partial charge is 0.306 e. The molecule has 0 saturated carbocycles. The average Bonchev–Trinajstić information content (AvgIpc) is 3.46. The number of carbonyl (C=O) groups is 3. The van der Waals surface area contributed by atoms with E-state index in [4.69, 9.17) is 14.2 Å². The lowest BCUT2D eigenvalue weighted by Gasteiger charge is -2.18. The van der Waals surface area contributed by atoms with Crippen molar-refractivity contribution in [3.63, 3.8) is 0 Å². The zero-order valence-corrected chi connectivity index (χ0v) is 51.0. The number of ether oxygens (including phenoxy) is 3. The van der Waals surface area contributed by atoms with Crippen molar-refractivity contribution in [3.05, 3.63) is 182 Å². The minimum Gasteiger partial charge on any atom is -0.462 e. The van der Waals surface area contributed by atoms with Crippen LogP contribution in [0.25, 0.3) is 0 Å². The summed E-state index contributed by atoms with van der Waals surface area (Å²) in [4.78, 5) is 38.2. The van der Waals surface area contributed by atoms with Gasteiger partial charge in [0.25, 0.3) is 0 Å². The summed E-state index contributed by atoms with van der Waals surface area (Å²) in [6.07, 6.45) is 99.0. The Morgan fingerprint density at radius 1 is 0.263 bits per heavy atom. The third-order valence-corrected chi connectivity index (χ3v) is 12.7. The van der Waals surface area contributed by atoms with Gasteiger partial charge in [-0.05, 0) is 135 Å². The van der Waals surface area contributed by atoms with Crippen molar-refractivity contribution in [2.24, 2.45) is 0 Å². The zero-order valence-electron chi connectivity index (χ0n) is 51.0. The van der Waals surface area contributed by atoms with E-state index >= 15 is 0 Å². The van der Waals surface area contributed by atoms with Gasteiger partial charge in [-0.25, -0.2) is 0 Å². The fraction of sp³-hybridized carbons (Fsp3) is 0.554. The Kier molecular flexibility index (Phi) is 61.5. The highest BCUT2D eigenvalue weighted by atomic mass is 16.6. The Bertz CT molecular complexity index is 1890. The van der Waals surface area contributed by atoms with E-state index in [1.807, 2.05) is 0 Å². The Balaban J connectivity index is 4.54. The van der Waals surface area contributed by atoms with E-state index in [2.05, 4.69) is 203 Å². The fourth-order valence-corrected chi connectivity index (χ4v) is 7.98. The largest absolute Gasteiger partial charge is 0.462 e. The van der Waals surface area contributed by atoms with E-state index in [0.29, 0.717) is 19.3 Å². The van der Waals surface area contributed by atoms with Crippen molar-refractivity contribution in [1.29, 1.82) is 0 Å². The Morgan fingerprint density at radius 2 is 0.500 bits per heavy atom. The van der Waals surface area contributed by atoms with Crippen LogP contribution in [-0.4, -0.2) is 37.2 Å². The van der Waals surface area contributed by atoms with Crippen molar-refractivity contribution >= 4 is 17.9 Å². The third-order valence-electron chi connectivity index (χ3n) is 12.7. The lowest BCUT2D eigenvalue weighted by Crippen LogP contribution is -2.30. The maximum Gasteiger partial charge on any atom is 0.306 e. The molecule has 0 radical (unpaired) electrons. The van der Waals surface area contributed by atoms with Gasteiger partial charge in [0, 0.05) is 19.3 Å². The molecular weight excluding hydrogens is 985 g/mol. The van der Waals surface area contributed by atoms with E-state index in [9.17, 15) is 14.4 Å². The topological polar surface area (TPSA) is 78.9 Å². The molecule has 0 bridgehead atoms. The summed E-state index contributed by atoms with van der Waals surface area (Å²) in [5.74, 6) is -1.04. The third kappa shape index (κ3) is 63.3. The molecule has 0 spiro atoms. The van der Waals surface area contributed by atoms with E-state index < -0.39 is 6.10 Å². The van der Waals surface area contributed by atoms with Crippen LogP contribution in [0.1, 0.15) is 245 Å². The second-order valence-electron chi connectivity index (χ2n) is 20.2. The van der Waals surface area contributed by atoms with Crippen LogP contribution in [0.3, 0.4) is 0 Å². The SMILES string of the molecule is CC/C=C\C/C=C\C/C=C\C/C=C\C/C=C\C/C=C\C/C=C\C/C=C\CCCCC(=O)OCC(COC(=O)CCCCCCCCCCCCCC)OC(=O)CCC/C=C\C/C=C\C/C=C\C/C=C\C/C=C\C/C=C\C/C=C\CC. The predicted octanol–water partition coefficient (Wildman–Crippen LogP) is 22.0. The van der Waals surface area contributed by atoms with Crippen molar-refractivity contribution < 1.29 is 28.6 Å². The average molecular weight is 1100 g/mol. The van der Waals surface area contributed by atoms with Crippen LogP contribution in [0.15, 0.2) is 182 Å². The molecule has 0 aromatic carbocycles. The van der Waals surface area contributed by atoms with Crippen molar-refractivity contribution in [2.75, 3.05) is 13.2 Å². The lowest BCUT2D eigenvalue weighted by atomic mass is 10.0. The maximum atomic E-state index is 12.9.